The first kappa shape index (κ1) is 20.6. The Bertz CT molecular complexity index is 659. The normalized spacial score (nSPS) is 11.6. The molecule has 0 amide bonds. The smallest absolute Gasteiger partial charge is 0.119 e. The average Bonchev–Trinajstić information content (AvgIpc) is 2.69. The van der Waals surface area contributed by atoms with Gasteiger partial charge in [-0.25, -0.2) is 0 Å². The van der Waals surface area contributed by atoms with Crippen LogP contribution in [0.15, 0.2) is 36.4 Å². The molecule has 0 heterocycles. The molecule has 0 aromatic heterocycles. The number of hydrogen-bond donors (Lipinski definition) is 0. The van der Waals surface area contributed by atoms with Crippen molar-refractivity contribution < 1.29 is 4.74 Å². The monoisotopic (exact) mass is 352 g/mol. The molecule has 0 radical (unpaired) electrons. The van der Waals surface area contributed by atoms with Crippen molar-refractivity contribution in [2.24, 2.45) is 5.41 Å². The Morgan fingerprint density at radius 1 is 0.769 bits per heavy atom. The van der Waals surface area contributed by atoms with Crippen LogP contribution in [0.2, 0.25) is 0 Å². The summed E-state index contributed by atoms with van der Waals surface area (Å²) in [4.78, 5) is 0. The Labute approximate surface area is 160 Å². The second-order valence-electron chi connectivity index (χ2n) is 7.54. The van der Waals surface area contributed by atoms with E-state index in [1.165, 1.54) is 47.1 Å². The SMILES string of the molecule is CCc1cc(OCC(CC)(CC)CC)cc(CC)c1-c1ccc(C)cc1. The zero-order valence-electron chi connectivity index (χ0n) is 17.6. The molecule has 0 aliphatic heterocycles. The fourth-order valence-corrected chi connectivity index (χ4v) is 3.76. The minimum Gasteiger partial charge on any atom is -0.493 e. The summed E-state index contributed by atoms with van der Waals surface area (Å²) in [6.07, 6.45) is 5.55. The van der Waals surface area contributed by atoms with Gasteiger partial charge in [-0.1, -0.05) is 64.4 Å². The van der Waals surface area contributed by atoms with E-state index in [1.807, 2.05) is 0 Å². The van der Waals surface area contributed by atoms with Crippen LogP contribution in [0.4, 0.5) is 0 Å². The molecule has 0 saturated heterocycles. The van der Waals surface area contributed by atoms with Gasteiger partial charge in [0, 0.05) is 5.41 Å². The molecule has 1 heteroatoms. The van der Waals surface area contributed by atoms with Crippen molar-refractivity contribution in [2.45, 2.75) is 73.6 Å². The highest BCUT2D eigenvalue weighted by Crippen LogP contribution is 2.35. The lowest BCUT2D eigenvalue weighted by Crippen LogP contribution is -2.26. The van der Waals surface area contributed by atoms with E-state index in [2.05, 4.69) is 77.9 Å². The standard InChI is InChI=1S/C25H36O/c1-7-20-16-23(26-18-25(9-3,10-4)11-5)17-21(8-2)24(20)22-14-12-19(6)13-15-22/h12-17H,7-11,18H2,1-6H3. The number of benzene rings is 2. The van der Waals surface area contributed by atoms with E-state index >= 15 is 0 Å². The van der Waals surface area contributed by atoms with Crippen LogP contribution in [0.25, 0.3) is 11.1 Å². The van der Waals surface area contributed by atoms with Gasteiger partial charge in [0.05, 0.1) is 6.61 Å². The van der Waals surface area contributed by atoms with E-state index in [9.17, 15) is 0 Å². The molecular formula is C25H36O. The van der Waals surface area contributed by atoms with E-state index in [1.54, 1.807) is 0 Å². The maximum atomic E-state index is 6.34. The van der Waals surface area contributed by atoms with Crippen LogP contribution < -0.4 is 4.74 Å². The number of aryl methyl sites for hydroxylation is 3. The Balaban J connectivity index is 2.38. The Kier molecular flexibility index (Phi) is 7.32. The van der Waals surface area contributed by atoms with Gasteiger partial charge in [0.25, 0.3) is 0 Å². The van der Waals surface area contributed by atoms with Crippen molar-refractivity contribution in [3.63, 3.8) is 0 Å². The molecule has 2 aromatic carbocycles. The van der Waals surface area contributed by atoms with Gasteiger partial charge >= 0.3 is 0 Å². The van der Waals surface area contributed by atoms with Gasteiger partial charge in [0.2, 0.25) is 0 Å². The zero-order chi connectivity index (χ0) is 19.2. The zero-order valence-corrected chi connectivity index (χ0v) is 17.6. The quantitative estimate of drug-likeness (QED) is 0.457. The third-order valence-electron chi connectivity index (χ3n) is 6.17. The Morgan fingerprint density at radius 2 is 1.27 bits per heavy atom. The molecule has 0 saturated carbocycles. The minimum atomic E-state index is 0.300. The summed E-state index contributed by atoms with van der Waals surface area (Å²) in [5.74, 6) is 1.04. The Morgan fingerprint density at radius 3 is 1.69 bits per heavy atom. The van der Waals surface area contributed by atoms with Crippen LogP contribution in [0.1, 0.15) is 70.6 Å². The third kappa shape index (κ3) is 4.50. The largest absolute Gasteiger partial charge is 0.493 e. The molecule has 26 heavy (non-hydrogen) atoms. The summed E-state index contributed by atoms with van der Waals surface area (Å²) in [6, 6.07) is 13.4. The molecule has 2 aromatic rings. The van der Waals surface area contributed by atoms with Gasteiger partial charge in [-0.15, -0.1) is 0 Å². The number of rotatable bonds is 9. The maximum Gasteiger partial charge on any atom is 0.119 e. The van der Waals surface area contributed by atoms with Crippen LogP contribution in [0.5, 0.6) is 5.75 Å². The van der Waals surface area contributed by atoms with Gasteiger partial charge in [-0.05, 0) is 73.4 Å². The van der Waals surface area contributed by atoms with Crippen LogP contribution >= 0.6 is 0 Å². The molecule has 0 fully saturated rings. The number of ether oxygens (including phenoxy) is 1. The van der Waals surface area contributed by atoms with E-state index in [0.717, 1.165) is 25.2 Å². The number of hydrogen-bond acceptors (Lipinski definition) is 1. The Hall–Kier alpha value is -1.76. The fourth-order valence-electron chi connectivity index (χ4n) is 3.76. The lowest BCUT2D eigenvalue weighted by atomic mass is 9.81. The van der Waals surface area contributed by atoms with Gasteiger partial charge in [0.1, 0.15) is 5.75 Å². The predicted octanol–water partition coefficient (Wildman–Crippen LogP) is 7.38. The first-order valence-electron chi connectivity index (χ1n) is 10.4. The first-order chi connectivity index (χ1) is 12.5. The van der Waals surface area contributed by atoms with E-state index in [-0.39, 0.29) is 0 Å². The van der Waals surface area contributed by atoms with Crippen LogP contribution in [0, 0.1) is 12.3 Å². The highest BCUT2D eigenvalue weighted by atomic mass is 16.5. The van der Waals surface area contributed by atoms with Crippen LogP contribution in [-0.2, 0) is 12.8 Å². The van der Waals surface area contributed by atoms with E-state index < -0.39 is 0 Å². The van der Waals surface area contributed by atoms with Gasteiger partial charge in [-0.3, -0.25) is 0 Å². The molecule has 2 rings (SSSR count). The van der Waals surface area contributed by atoms with Gasteiger partial charge in [-0.2, -0.15) is 0 Å². The minimum absolute atomic E-state index is 0.300. The van der Waals surface area contributed by atoms with E-state index in [0.29, 0.717) is 5.41 Å². The highest BCUT2D eigenvalue weighted by Gasteiger charge is 2.25. The van der Waals surface area contributed by atoms with Crippen molar-refractivity contribution in [1.82, 2.24) is 0 Å². The molecular weight excluding hydrogens is 316 g/mol. The molecule has 0 spiro atoms. The molecule has 142 valence electrons. The lowest BCUT2D eigenvalue weighted by Gasteiger charge is -2.30. The summed E-state index contributed by atoms with van der Waals surface area (Å²) in [7, 11) is 0. The summed E-state index contributed by atoms with van der Waals surface area (Å²) in [5, 5.41) is 0. The van der Waals surface area contributed by atoms with Crippen LogP contribution in [0.3, 0.4) is 0 Å². The second-order valence-corrected chi connectivity index (χ2v) is 7.54. The maximum absolute atomic E-state index is 6.34. The summed E-state index contributed by atoms with van der Waals surface area (Å²) in [5.41, 5.74) is 7.10. The third-order valence-corrected chi connectivity index (χ3v) is 6.17. The van der Waals surface area contributed by atoms with Crippen LogP contribution in [-0.4, -0.2) is 6.61 Å². The molecule has 0 atom stereocenters. The molecule has 0 aliphatic rings. The van der Waals surface area contributed by atoms with E-state index in [4.69, 9.17) is 4.74 Å². The van der Waals surface area contributed by atoms with Gasteiger partial charge in [0.15, 0.2) is 0 Å². The first-order valence-corrected chi connectivity index (χ1v) is 10.4. The average molecular weight is 353 g/mol. The molecule has 0 bridgehead atoms. The summed E-state index contributed by atoms with van der Waals surface area (Å²) >= 11 is 0. The highest BCUT2D eigenvalue weighted by molar-refractivity contribution is 5.72. The summed E-state index contributed by atoms with van der Waals surface area (Å²) in [6.45, 7) is 14.3. The molecule has 1 nitrogen and oxygen atoms in total. The van der Waals surface area contributed by atoms with Gasteiger partial charge < -0.3 is 4.74 Å². The van der Waals surface area contributed by atoms with Crippen molar-refractivity contribution in [1.29, 1.82) is 0 Å². The van der Waals surface area contributed by atoms with Crippen molar-refractivity contribution in [3.05, 3.63) is 53.1 Å². The topological polar surface area (TPSA) is 9.23 Å². The predicted molar refractivity (Wildman–Crippen MR) is 114 cm³/mol. The van der Waals surface area contributed by atoms with Crippen molar-refractivity contribution in [3.8, 4) is 16.9 Å². The summed E-state index contributed by atoms with van der Waals surface area (Å²) < 4.78 is 6.34. The lowest BCUT2D eigenvalue weighted by molar-refractivity contribution is 0.127. The van der Waals surface area contributed by atoms with Crippen molar-refractivity contribution in [2.75, 3.05) is 6.61 Å². The molecule has 0 unspecified atom stereocenters. The van der Waals surface area contributed by atoms with Crippen molar-refractivity contribution >= 4 is 0 Å². The fraction of sp³-hybridized carbons (Fsp3) is 0.520. The second kappa shape index (κ2) is 9.26. The molecule has 0 N–H and O–H groups in total. The molecule has 0 aliphatic carbocycles.